The molecule has 110 valence electrons. The van der Waals surface area contributed by atoms with Crippen molar-refractivity contribution in [3.8, 4) is 5.75 Å². The molecule has 10 heteroatoms. The first kappa shape index (κ1) is 14.8. The minimum atomic E-state index is -4.54. The number of allylic oxidation sites excluding steroid dienone is 2. The molecule has 0 saturated heterocycles. The molecule has 0 spiro atoms. The number of rotatable bonds is 2. The van der Waals surface area contributed by atoms with Crippen LogP contribution in [-0.4, -0.2) is 31.0 Å². The highest BCUT2D eigenvalue weighted by Crippen LogP contribution is 2.34. The maximum absolute atomic E-state index is 11.2. The van der Waals surface area contributed by atoms with Gasteiger partial charge in [0, 0.05) is 30.2 Å². The molecule has 2 rings (SSSR count). The molecule has 1 aliphatic rings. The number of fused-ring (bicyclic) bond motifs is 1. The van der Waals surface area contributed by atoms with Crippen LogP contribution in [0.5, 0.6) is 5.75 Å². The van der Waals surface area contributed by atoms with Gasteiger partial charge >= 0.3 is 0 Å². The summed E-state index contributed by atoms with van der Waals surface area (Å²) < 4.78 is 62.4. The van der Waals surface area contributed by atoms with Crippen molar-refractivity contribution in [2.24, 2.45) is 5.73 Å². The zero-order valence-electron chi connectivity index (χ0n) is 9.94. The molecule has 5 N–H and O–H groups in total. The fourth-order valence-corrected chi connectivity index (χ4v) is 3.32. The van der Waals surface area contributed by atoms with Gasteiger partial charge in [-0.3, -0.25) is 9.11 Å². The summed E-state index contributed by atoms with van der Waals surface area (Å²) in [5.41, 5.74) is 5.81. The normalized spacial score (nSPS) is 16.1. The van der Waals surface area contributed by atoms with Crippen LogP contribution in [0.4, 0.5) is 0 Å². The number of phenols is 1. The highest BCUT2D eigenvalue weighted by Gasteiger charge is 2.28. The molecular formula is C10H11NO7S2. The third-order valence-electron chi connectivity index (χ3n) is 2.98. The molecule has 0 saturated carbocycles. The molecule has 0 aromatic heterocycles. The molecule has 0 fully saturated rings. The predicted octanol–water partition coefficient (Wildman–Crippen LogP) is -0.204. The average molecular weight is 321 g/mol. The Morgan fingerprint density at radius 2 is 1.60 bits per heavy atom. The van der Waals surface area contributed by atoms with E-state index in [1.807, 2.05) is 0 Å². The first-order valence-corrected chi connectivity index (χ1v) is 8.15. The Bertz CT molecular complexity index is 821. The predicted molar refractivity (Wildman–Crippen MR) is 68.1 cm³/mol. The van der Waals surface area contributed by atoms with Crippen LogP contribution in [-0.2, 0) is 33.1 Å². The van der Waals surface area contributed by atoms with Crippen LogP contribution in [0.3, 0.4) is 0 Å². The standard InChI is InChI=1S/C10H11NO7S2/c11-8-4-7-5(2-10(8)20(16,17)18)1-6(3-9(7)12)19(13,14)15/h1,3,12H,2,4,11H2,(H,13,14,15)(H,16,17,18). The van der Waals surface area contributed by atoms with E-state index in [4.69, 9.17) is 14.8 Å². The second-order valence-corrected chi connectivity index (χ2v) is 7.20. The smallest absolute Gasteiger partial charge is 0.294 e. The van der Waals surface area contributed by atoms with E-state index in [0.717, 1.165) is 12.1 Å². The van der Waals surface area contributed by atoms with Crippen molar-refractivity contribution in [3.05, 3.63) is 33.9 Å². The van der Waals surface area contributed by atoms with E-state index in [-0.39, 0.29) is 29.7 Å². The van der Waals surface area contributed by atoms with Gasteiger partial charge in [0.1, 0.15) is 5.75 Å². The Morgan fingerprint density at radius 3 is 2.10 bits per heavy atom. The van der Waals surface area contributed by atoms with Crippen LogP contribution in [0.25, 0.3) is 0 Å². The van der Waals surface area contributed by atoms with Crippen molar-refractivity contribution in [1.29, 1.82) is 0 Å². The maximum atomic E-state index is 11.2. The third kappa shape index (κ3) is 2.63. The van der Waals surface area contributed by atoms with Crippen LogP contribution in [0.15, 0.2) is 27.6 Å². The van der Waals surface area contributed by atoms with E-state index in [1.54, 1.807) is 0 Å². The van der Waals surface area contributed by atoms with Crippen molar-refractivity contribution in [2.75, 3.05) is 0 Å². The lowest BCUT2D eigenvalue weighted by atomic mass is 9.94. The molecule has 1 aliphatic carbocycles. The Labute approximate surface area is 115 Å². The summed E-state index contributed by atoms with van der Waals surface area (Å²) in [6, 6.07) is 1.88. The minimum absolute atomic E-state index is 0.130. The van der Waals surface area contributed by atoms with Gasteiger partial charge in [0.25, 0.3) is 20.2 Å². The van der Waals surface area contributed by atoms with Crippen LogP contribution < -0.4 is 5.73 Å². The highest BCUT2D eigenvalue weighted by molar-refractivity contribution is 7.89. The van der Waals surface area contributed by atoms with E-state index in [9.17, 15) is 21.9 Å². The number of aromatic hydroxyl groups is 1. The molecule has 0 atom stereocenters. The second-order valence-electron chi connectivity index (χ2n) is 4.33. The summed E-state index contributed by atoms with van der Waals surface area (Å²) in [6.07, 6.45) is -0.515. The first-order chi connectivity index (χ1) is 9.00. The number of nitrogens with two attached hydrogens (primary N) is 1. The second kappa shape index (κ2) is 4.45. The molecule has 0 unspecified atom stereocenters. The SMILES string of the molecule is NC1=C(S(=O)(=O)O)Cc2cc(S(=O)(=O)O)cc(O)c2C1. The first-order valence-electron chi connectivity index (χ1n) is 5.27. The molecule has 1 aromatic carbocycles. The van der Waals surface area contributed by atoms with Crippen molar-refractivity contribution >= 4 is 20.2 Å². The Hall–Kier alpha value is -1.62. The topological polar surface area (TPSA) is 155 Å². The van der Waals surface area contributed by atoms with E-state index in [0.29, 0.717) is 0 Å². The van der Waals surface area contributed by atoms with Gasteiger partial charge < -0.3 is 10.8 Å². The number of benzene rings is 1. The zero-order chi connectivity index (χ0) is 15.3. The Kier molecular flexibility index (Phi) is 3.29. The summed E-state index contributed by atoms with van der Waals surface area (Å²) in [6.45, 7) is 0. The molecule has 0 radical (unpaired) electrons. The lowest BCUT2D eigenvalue weighted by Gasteiger charge is -2.20. The summed E-state index contributed by atoms with van der Waals surface area (Å²) in [4.78, 5) is -1.01. The van der Waals surface area contributed by atoms with Gasteiger partial charge in [0.15, 0.2) is 0 Å². The van der Waals surface area contributed by atoms with Crippen molar-refractivity contribution in [2.45, 2.75) is 17.7 Å². The summed E-state index contributed by atoms with van der Waals surface area (Å²) in [7, 11) is -9.06. The molecule has 0 bridgehead atoms. The van der Waals surface area contributed by atoms with Crippen LogP contribution >= 0.6 is 0 Å². The lowest BCUT2D eigenvalue weighted by molar-refractivity contribution is 0.459. The maximum Gasteiger partial charge on any atom is 0.294 e. The molecule has 0 aliphatic heterocycles. The molecule has 20 heavy (non-hydrogen) atoms. The largest absolute Gasteiger partial charge is 0.508 e. The fourth-order valence-electron chi connectivity index (χ4n) is 2.03. The average Bonchev–Trinajstić information content (AvgIpc) is 2.26. The molecule has 8 nitrogen and oxygen atoms in total. The quantitative estimate of drug-likeness (QED) is 0.545. The minimum Gasteiger partial charge on any atom is -0.508 e. The lowest BCUT2D eigenvalue weighted by Crippen LogP contribution is -2.20. The number of hydrogen-bond acceptors (Lipinski definition) is 6. The Morgan fingerprint density at radius 1 is 1.00 bits per heavy atom. The van der Waals surface area contributed by atoms with Gasteiger partial charge in [-0.05, 0) is 11.6 Å². The van der Waals surface area contributed by atoms with Crippen LogP contribution in [0.2, 0.25) is 0 Å². The van der Waals surface area contributed by atoms with Crippen LogP contribution in [0.1, 0.15) is 11.1 Å². The monoisotopic (exact) mass is 321 g/mol. The van der Waals surface area contributed by atoms with Gasteiger partial charge in [0.2, 0.25) is 0 Å². The summed E-state index contributed by atoms with van der Waals surface area (Å²) in [5.74, 6) is -0.424. The highest BCUT2D eigenvalue weighted by atomic mass is 32.2. The van der Waals surface area contributed by atoms with Gasteiger partial charge in [-0.2, -0.15) is 16.8 Å². The Balaban J connectivity index is 2.64. The van der Waals surface area contributed by atoms with E-state index in [1.165, 1.54) is 0 Å². The molecule has 0 amide bonds. The zero-order valence-corrected chi connectivity index (χ0v) is 11.6. The van der Waals surface area contributed by atoms with Gasteiger partial charge in [-0.15, -0.1) is 0 Å². The number of hydrogen-bond donors (Lipinski definition) is 4. The fraction of sp³-hybridized carbons (Fsp3) is 0.200. The van der Waals surface area contributed by atoms with E-state index < -0.39 is 35.8 Å². The van der Waals surface area contributed by atoms with E-state index in [2.05, 4.69) is 0 Å². The van der Waals surface area contributed by atoms with Crippen molar-refractivity contribution in [3.63, 3.8) is 0 Å². The van der Waals surface area contributed by atoms with Gasteiger partial charge in [0.05, 0.1) is 9.80 Å². The number of phenolic OH excluding ortho intramolecular Hbond substituents is 1. The van der Waals surface area contributed by atoms with Crippen LogP contribution in [0, 0.1) is 0 Å². The molecule has 0 heterocycles. The third-order valence-corrected chi connectivity index (χ3v) is 4.84. The molecular weight excluding hydrogens is 310 g/mol. The van der Waals surface area contributed by atoms with Crippen molar-refractivity contribution < 1.29 is 31.0 Å². The summed E-state index contributed by atoms with van der Waals surface area (Å²) in [5, 5.41) is 9.74. The van der Waals surface area contributed by atoms with Crippen molar-refractivity contribution in [1.82, 2.24) is 0 Å². The van der Waals surface area contributed by atoms with Gasteiger partial charge in [-0.1, -0.05) is 0 Å². The molecule has 1 aromatic rings. The van der Waals surface area contributed by atoms with Gasteiger partial charge in [-0.25, -0.2) is 0 Å². The van der Waals surface area contributed by atoms with E-state index >= 15 is 0 Å². The summed E-state index contributed by atoms with van der Waals surface area (Å²) >= 11 is 0.